The zero-order valence-corrected chi connectivity index (χ0v) is 10.0. The number of carbonyl (C=O) groups excluding carboxylic acids is 1. The van der Waals surface area contributed by atoms with Crippen molar-refractivity contribution < 1.29 is 4.79 Å². The van der Waals surface area contributed by atoms with Gasteiger partial charge in [0.1, 0.15) is 0 Å². The van der Waals surface area contributed by atoms with E-state index in [1.54, 1.807) is 6.20 Å². The number of carbonyl (C=O) groups is 1. The number of rotatable bonds is 1. The van der Waals surface area contributed by atoms with Crippen molar-refractivity contribution in [1.29, 1.82) is 0 Å². The highest BCUT2D eigenvalue weighted by Crippen LogP contribution is 2.27. The van der Waals surface area contributed by atoms with E-state index in [1.165, 1.54) is 0 Å². The number of nitrogens with one attached hydrogen (secondary N) is 1. The Balaban J connectivity index is 1.75. The summed E-state index contributed by atoms with van der Waals surface area (Å²) in [5, 5.41) is 3.38. The van der Waals surface area contributed by atoms with Crippen molar-refractivity contribution in [2.45, 2.75) is 6.92 Å². The molecule has 2 atom stereocenters. The van der Waals surface area contributed by atoms with E-state index in [1.807, 2.05) is 24.0 Å². The first-order valence-corrected chi connectivity index (χ1v) is 6.16. The summed E-state index contributed by atoms with van der Waals surface area (Å²) in [5.74, 6) is 1.47. The molecule has 1 amide bonds. The fourth-order valence-electron chi connectivity index (χ4n) is 2.88. The zero-order valence-electron chi connectivity index (χ0n) is 10.0. The van der Waals surface area contributed by atoms with Crippen molar-refractivity contribution in [3.05, 3.63) is 29.6 Å². The first-order valence-electron chi connectivity index (χ1n) is 6.16. The number of hydrogen-bond donors (Lipinski definition) is 1. The number of hydrogen-bond acceptors (Lipinski definition) is 3. The molecule has 1 aromatic heterocycles. The number of aromatic nitrogens is 1. The van der Waals surface area contributed by atoms with Gasteiger partial charge in [0.15, 0.2) is 0 Å². The topological polar surface area (TPSA) is 45.2 Å². The van der Waals surface area contributed by atoms with Crippen LogP contribution in [0, 0.1) is 18.8 Å². The quantitative estimate of drug-likeness (QED) is 0.773. The van der Waals surface area contributed by atoms with E-state index in [0.29, 0.717) is 11.8 Å². The lowest BCUT2D eigenvalue weighted by atomic mass is 10.0. The van der Waals surface area contributed by atoms with Crippen LogP contribution >= 0.6 is 0 Å². The summed E-state index contributed by atoms with van der Waals surface area (Å²) in [7, 11) is 0. The standard InChI is InChI=1S/C13H17N3O/c1-9-4-10(2-3-15-9)13(17)16-7-11-5-14-6-12(11)8-16/h2-4,11-12,14H,5-8H2,1H3/t11-,12+. The summed E-state index contributed by atoms with van der Waals surface area (Å²) in [5.41, 5.74) is 1.67. The van der Waals surface area contributed by atoms with Gasteiger partial charge in [0.25, 0.3) is 5.91 Å². The van der Waals surface area contributed by atoms with Gasteiger partial charge in [-0.15, -0.1) is 0 Å². The molecule has 3 rings (SSSR count). The molecular weight excluding hydrogens is 214 g/mol. The van der Waals surface area contributed by atoms with E-state index in [-0.39, 0.29) is 5.91 Å². The molecule has 4 heteroatoms. The van der Waals surface area contributed by atoms with Gasteiger partial charge in [0.2, 0.25) is 0 Å². The second kappa shape index (κ2) is 4.11. The highest BCUT2D eigenvalue weighted by atomic mass is 16.2. The molecule has 1 aromatic rings. The van der Waals surface area contributed by atoms with E-state index in [9.17, 15) is 4.79 Å². The molecule has 0 aromatic carbocycles. The van der Waals surface area contributed by atoms with Crippen molar-refractivity contribution in [1.82, 2.24) is 15.2 Å². The van der Waals surface area contributed by atoms with E-state index in [2.05, 4.69) is 10.3 Å². The van der Waals surface area contributed by atoms with Gasteiger partial charge in [-0.3, -0.25) is 9.78 Å². The third-order valence-electron chi connectivity index (χ3n) is 3.82. The second-order valence-electron chi connectivity index (χ2n) is 5.07. The Bertz CT molecular complexity index is 434. The molecule has 3 heterocycles. The summed E-state index contributed by atoms with van der Waals surface area (Å²) in [4.78, 5) is 18.4. The summed E-state index contributed by atoms with van der Waals surface area (Å²) in [6.07, 6.45) is 1.71. The molecule has 0 saturated carbocycles. The van der Waals surface area contributed by atoms with Crippen LogP contribution in [0.15, 0.2) is 18.3 Å². The Kier molecular flexibility index (Phi) is 2.59. The minimum atomic E-state index is 0.157. The van der Waals surface area contributed by atoms with Crippen molar-refractivity contribution in [2.24, 2.45) is 11.8 Å². The first kappa shape index (κ1) is 10.7. The maximum Gasteiger partial charge on any atom is 0.253 e. The molecule has 0 spiro atoms. The molecule has 2 aliphatic rings. The van der Waals surface area contributed by atoms with Crippen LogP contribution in [0.2, 0.25) is 0 Å². The summed E-state index contributed by atoms with van der Waals surface area (Å²) in [6, 6.07) is 3.68. The average molecular weight is 231 g/mol. The number of likely N-dealkylation sites (tertiary alicyclic amines) is 1. The Morgan fingerprint density at radius 3 is 2.76 bits per heavy atom. The van der Waals surface area contributed by atoms with Gasteiger partial charge in [-0.05, 0) is 30.9 Å². The van der Waals surface area contributed by atoms with Gasteiger partial charge in [-0.1, -0.05) is 0 Å². The molecule has 0 bridgehead atoms. The van der Waals surface area contributed by atoms with Gasteiger partial charge < -0.3 is 10.2 Å². The molecular formula is C13H17N3O. The number of fused-ring (bicyclic) bond motifs is 1. The Labute approximate surface area is 101 Å². The van der Waals surface area contributed by atoms with Gasteiger partial charge >= 0.3 is 0 Å². The smallest absolute Gasteiger partial charge is 0.253 e. The molecule has 2 saturated heterocycles. The van der Waals surface area contributed by atoms with E-state index in [4.69, 9.17) is 0 Å². The number of aryl methyl sites for hydroxylation is 1. The number of pyridine rings is 1. The molecule has 17 heavy (non-hydrogen) atoms. The minimum absolute atomic E-state index is 0.157. The maximum absolute atomic E-state index is 12.3. The van der Waals surface area contributed by atoms with Crippen LogP contribution < -0.4 is 5.32 Å². The fourth-order valence-corrected chi connectivity index (χ4v) is 2.88. The van der Waals surface area contributed by atoms with Crippen LogP contribution in [0.1, 0.15) is 16.1 Å². The Morgan fingerprint density at radius 1 is 1.41 bits per heavy atom. The van der Waals surface area contributed by atoms with Gasteiger partial charge in [-0.25, -0.2) is 0 Å². The zero-order chi connectivity index (χ0) is 11.8. The van der Waals surface area contributed by atoms with E-state index >= 15 is 0 Å². The summed E-state index contributed by atoms with van der Waals surface area (Å²) in [6.45, 7) is 5.84. The van der Waals surface area contributed by atoms with Crippen LogP contribution in [0.25, 0.3) is 0 Å². The first-order chi connectivity index (χ1) is 8.24. The van der Waals surface area contributed by atoms with E-state index < -0.39 is 0 Å². The minimum Gasteiger partial charge on any atom is -0.338 e. The van der Waals surface area contributed by atoms with Crippen molar-refractivity contribution in [3.63, 3.8) is 0 Å². The largest absolute Gasteiger partial charge is 0.338 e. The molecule has 0 unspecified atom stereocenters. The highest BCUT2D eigenvalue weighted by Gasteiger charge is 2.38. The third-order valence-corrected chi connectivity index (χ3v) is 3.82. The molecule has 2 fully saturated rings. The van der Waals surface area contributed by atoms with Gasteiger partial charge in [0, 0.05) is 43.6 Å². The number of amides is 1. The van der Waals surface area contributed by atoms with Gasteiger partial charge in [-0.2, -0.15) is 0 Å². The SMILES string of the molecule is Cc1cc(C(=O)N2C[C@H]3CNC[C@H]3C2)ccn1. The van der Waals surface area contributed by atoms with Gasteiger partial charge in [0.05, 0.1) is 0 Å². The van der Waals surface area contributed by atoms with Crippen LogP contribution in [0.5, 0.6) is 0 Å². The normalized spacial score (nSPS) is 27.2. The van der Waals surface area contributed by atoms with Crippen LogP contribution in [0.3, 0.4) is 0 Å². The molecule has 0 radical (unpaired) electrons. The molecule has 1 N–H and O–H groups in total. The predicted octanol–water partition coefficient (Wildman–Crippen LogP) is 0.681. The van der Waals surface area contributed by atoms with Crippen LogP contribution in [-0.2, 0) is 0 Å². The van der Waals surface area contributed by atoms with Crippen LogP contribution in [-0.4, -0.2) is 42.0 Å². The predicted molar refractivity (Wildman–Crippen MR) is 64.7 cm³/mol. The monoisotopic (exact) mass is 231 g/mol. The van der Waals surface area contributed by atoms with Crippen molar-refractivity contribution >= 4 is 5.91 Å². The average Bonchev–Trinajstić information content (AvgIpc) is 2.88. The maximum atomic E-state index is 12.3. The molecule has 2 aliphatic heterocycles. The molecule has 90 valence electrons. The number of nitrogens with zero attached hydrogens (tertiary/aromatic N) is 2. The summed E-state index contributed by atoms with van der Waals surface area (Å²) < 4.78 is 0. The van der Waals surface area contributed by atoms with Crippen molar-refractivity contribution in [3.8, 4) is 0 Å². The third kappa shape index (κ3) is 1.93. The Morgan fingerprint density at radius 2 is 2.12 bits per heavy atom. The van der Waals surface area contributed by atoms with E-state index in [0.717, 1.165) is 37.4 Å². The lowest BCUT2D eigenvalue weighted by molar-refractivity contribution is 0.0781. The van der Waals surface area contributed by atoms with Crippen molar-refractivity contribution in [2.75, 3.05) is 26.2 Å². The second-order valence-corrected chi connectivity index (χ2v) is 5.07. The lowest BCUT2D eigenvalue weighted by Gasteiger charge is -2.17. The fraction of sp³-hybridized carbons (Fsp3) is 0.538. The summed E-state index contributed by atoms with van der Waals surface area (Å²) >= 11 is 0. The molecule has 4 nitrogen and oxygen atoms in total. The highest BCUT2D eigenvalue weighted by molar-refractivity contribution is 5.94. The lowest BCUT2D eigenvalue weighted by Crippen LogP contribution is -2.31. The molecule has 0 aliphatic carbocycles. The van der Waals surface area contributed by atoms with Crippen LogP contribution in [0.4, 0.5) is 0 Å². The Hall–Kier alpha value is -1.42.